The highest BCUT2D eigenvalue weighted by molar-refractivity contribution is 5.71. The largest absolute Gasteiger partial charge is 0.438 e. The van der Waals surface area contributed by atoms with Gasteiger partial charge in [-0.05, 0) is 5.56 Å². The van der Waals surface area contributed by atoms with Crippen LogP contribution >= 0.6 is 0 Å². The molecule has 0 N–H and O–H groups in total. The molecule has 1 aliphatic heterocycles. The van der Waals surface area contributed by atoms with Crippen molar-refractivity contribution in [2.75, 3.05) is 7.05 Å². The summed E-state index contributed by atoms with van der Waals surface area (Å²) in [5, 5.41) is 8.96. The molecule has 0 unspecified atom stereocenters. The standard InChI is InChI=1S/C11H10N2O2/c1-13-9(7-12)10(15-11(13)14)8-5-3-2-4-6-8/h2-6,9-10H,1H3/t9-,10-/m1/s1. The van der Waals surface area contributed by atoms with Crippen LogP contribution in [-0.2, 0) is 4.74 Å². The fourth-order valence-corrected chi connectivity index (χ4v) is 1.62. The molecule has 0 aliphatic carbocycles. The quantitative estimate of drug-likeness (QED) is 0.696. The maximum atomic E-state index is 11.3. The summed E-state index contributed by atoms with van der Waals surface area (Å²) in [5.41, 5.74) is 0.849. The Morgan fingerprint density at radius 1 is 1.40 bits per heavy atom. The summed E-state index contributed by atoms with van der Waals surface area (Å²) in [6.07, 6.45) is -0.927. The summed E-state index contributed by atoms with van der Waals surface area (Å²) >= 11 is 0. The highest BCUT2D eigenvalue weighted by atomic mass is 16.6. The molecule has 1 aromatic carbocycles. The first-order valence-corrected chi connectivity index (χ1v) is 4.62. The molecule has 0 bridgehead atoms. The predicted molar refractivity (Wildman–Crippen MR) is 52.8 cm³/mol. The van der Waals surface area contributed by atoms with Gasteiger partial charge in [0.1, 0.15) is 0 Å². The van der Waals surface area contributed by atoms with Crippen LogP contribution in [0.25, 0.3) is 0 Å². The molecule has 2 atom stereocenters. The number of hydrogen-bond donors (Lipinski definition) is 0. The topological polar surface area (TPSA) is 53.3 Å². The van der Waals surface area contributed by atoms with Gasteiger partial charge in [-0.2, -0.15) is 5.26 Å². The molecule has 15 heavy (non-hydrogen) atoms. The van der Waals surface area contributed by atoms with Crippen LogP contribution < -0.4 is 0 Å². The zero-order valence-corrected chi connectivity index (χ0v) is 8.25. The number of carbonyl (C=O) groups is 1. The third kappa shape index (κ3) is 1.52. The molecule has 1 aliphatic rings. The average molecular weight is 202 g/mol. The monoisotopic (exact) mass is 202 g/mol. The van der Waals surface area contributed by atoms with Crippen molar-refractivity contribution in [3.8, 4) is 6.07 Å². The molecule has 1 saturated heterocycles. The molecule has 0 saturated carbocycles. The van der Waals surface area contributed by atoms with Crippen LogP contribution in [-0.4, -0.2) is 24.1 Å². The van der Waals surface area contributed by atoms with Gasteiger partial charge >= 0.3 is 6.09 Å². The van der Waals surface area contributed by atoms with Crippen LogP contribution in [0.2, 0.25) is 0 Å². The Hall–Kier alpha value is -2.02. The van der Waals surface area contributed by atoms with Crippen LogP contribution in [0, 0.1) is 11.3 Å². The van der Waals surface area contributed by atoms with E-state index in [0.717, 1.165) is 5.56 Å². The van der Waals surface area contributed by atoms with Crippen LogP contribution in [0.3, 0.4) is 0 Å². The van der Waals surface area contributed by atoms with Crippen molar-refractivity contribution < 1.29 is 9.53 Å². The summed E-state index contributed by atoms with van der Waals surface area (Å²) in [6.45, 7) is 0. The fourth-order valence-electron chi connectivity index (χ4n) is 1.62. The number of amides is 1. The van der Waals surface area contributed by atoms with Gasteiger partial charge in [0.2, 0.25) is 0 Å². The zero-order chi connectivity index (χ0) is 10.8. The molecule has 1 amide bonds. The van der Waals surface area contributed by atoms with E-state index in [0.29, 0.717) is 0 Å². The molecule has 1 aromatic rings. The lowest BCUT2D eigenvalue weighted by Crippen LogP contribution is -2.28. The molecule has 1 heterocycles. The average Bonchev–Trinajstić information content (AvgIpc) is 2.56. The number of nitrogens with zero attached hydrogens (tertiary/aromatic N) is 2. The van der Waals surface area contributed by atoms with Gasteiger partial charge in [0, 0.05) is 7.05 Å². The lowest BCUT2D eigenvalue weighted by Gasteiger charge is -2.13. The van der Waals surface area contributed by atoms with Gasteiger partial charge in [0.25, 0.3) is 0 Å². The van der Waals surface area contributed by atoms with Crippen LogP contribution in [0.5, 0.6) is 0 Å². The first-order chi connectivity index (χ1) is 7.24. The Labute approximate surface area is 87.7 Å². The predicted octanol–water partition coefficient (Wildman–Crippen LogP) is 1.70. The van der Waals surface area contributed by atoms with E-state index in [1.165, 1.54) is 4.90 Å². The van der Waals surface area contributed by atoms with Gasteiger partial charge < -0.3 is 4.74 Å². The number of rotatable bonds is 1. The Balaban J connectivity index is 2.32. The number of cyclic esters (lactones) is 1. The zero-order valence-electron chi connectivity index (χ0n) is 8.25. The summed E-state index contributed by atoms with van der Waals surface area (Å²) in [7, 11) is 1.57. The summed E-state index contributed by atoms with van der Waals surface area (Å²) in [6, 6.07) is 10.8. The highest BCUT2D eigenvalue weighted by Gasteiger charge is 2.40. The molecule has 2 rings (SSSR count). The second-order valence-electron chi connectivity index (χ2n) is 3.40. The van der Waals surface area contributed by atoms with Gasteiger partial charge in [-0.1, -0.05) is 30.3 Å². The molecule has 4 heteroatoms. The lowest BCUT2D eigenvalue weighted by molar-refractivity contribution is 0.133. The fraction of sp³-hybridized carbons (Fsp3) is 0.273. The lowest BCUT2D eigenvalue weighted by atomic mass is 10.0. The number of likely N-dealkylation sites (N-methyl/N-ethyl adjacent to an activating group) is 1. The minimum atomic E-state index is -0.542. The first-order valence-electron chi connectivity index (χ1n) is 4.62. The first kappa shape index (κ1) is 9.53. The Morgan fingerprint density at radius 3 is 2.67 bits per heavy atom. The minimum Gasteiger partial charge on any atom is -0.438 e. The molecule has 0 aromatic heterocycles. The van der Waals surface area contributed by atoms with Crippen molar-refractivity contribution in [2.45, 2.75) is 12.1 Å². The van der Waals surface area contributed by atoms with Gasteiger partial charge in [0.05, 0.1) is 6.07 Å². The summed E-state index contributed by atoms with van der Waals surface area (Å²) in [5.74, 6) is 0. The third-order valence-electron chi connectivity index (χ3n) is 2.48. The van der Waals surface area contributed by atoms with Gasteiger partial charge in [-0.15, -0.1) is 0 Å². The minimum absolute atomic E-state index is 0.449. The van der Waals surface area contributed by atoms with E-state index in [2.05, 4.69) is 6.07 Å². The maximum absolute atomic E-state index is 11.3. The van der Waals surface area contributed by atoms with Crippen molar-refractivity contribution in [1.82, 2.24) is 4.90 Å². The van der Waals surface area contributed by atoms with E-state index >= 15 is 0 Å². The van der Waals surface area contributed by atoms with Gasteiger partial charge in [0.15, 0.2) is 12.1 Å². The van der Waals surface area contributed by atoms with Crippen molar-refractivity contribution in [1.29, 1.82) is 5.26 Å². The number of benzene rings is 1. The van der Waals surface area contributed by atoms with E-state index in [4.69, 9.17) is 10.00 Å². The molecule has 0 spiro atoms. The van der Waals surface area contributed by atoms with Crippen molar-refractivity contribution >= 4 is 6.09 Å². The molecule has 76 valence electrons. The molecule has 0 radical (unpaired) electrons. The number of carbonyl (C=O) groups excluding carboxylic acids is 1. The normalized spacial score (nSPS) is 24.8. The van der Waals surface area contributed by atoms with Crippen molar-refractivity contribution in [3.63, 3.8) is 0 Å². The number of ether oxygens (including phenoxy) is 1. The molecule has 1 fully saturated rings. The van der Waals surface area contributed by atoms with Gasteiger partial charge in [-0.25, -0.2) is 4.79 Å². The molecular formula is C11H10N2O2. The molecule has 4 nitrogen and oxygen atoms in total. The van der Waals surface area contributed by atoms with E-state index < -0.39 is 18.2 Å². The third-order valence-corrected chi connectivity index (χ3v) is 2.48. The summed E-state index contributed by atoms with van der Waals surface area (Å²) in [4.78, 5) is 12.6. The van der Waals surface area contributed by atoms with Crippen LogP contribution in [0.4, 0.5) is 4.79 Å². The highest BCUT2D eigenvalue weighted by Crippen LogP contribution is 2.30. The smallest absolute Gasteiger partial charge is 0.411 e. The summed E-state index contributed by atoms with van der Waals surface area (Å²) < 4.78 is 5.13. The van der Waals surface area contributed by atoms with E-state index in [-0.39, 0.29) is 0 Å². The van der Waals surface area contributed by atoms with Crippen molar-refractivity contribution in [3.05, 3.63) is 35.9 Å². The molecular weight excluding hydrogens is 192 g/mol. The Bertz CT molecular complexity index is 410. The SMILES string of the molecule is CN1C(=O)O[C@H](c2ccccc2)[C@H]1C#N. The second kappa shape index (κ2) is 3.62. The maximum Gasteiger partial charge on any atom is 0.411 e. The number of nitriles is 1. The number of hydrogen-bond acceptors (Lipinski definition) is 3. The Morgan fingerprint density at radius 2 is 2.07 bits per heavy atom. The van der Waals surface area contributed by atoms with Gasteiger partial charge in [-0.3, -0.25) is 4.90 Å². The van der Waals surface area contributed by atoms with E-state index in [1.54, 1.807) is 7.05 Å². The van der Waals surface area contributed by atoms with Crippen molar-refractivity contribution in [2.24, 2.45) is 0 Å². The second-order valence-corrected chi connectivity index (χ2v) is 3.40. The van der Waals surface area contributed by atoms with Crippen LogP contribution in [0.15, 0.2) is 30.3 Å². The van der Waals surface area contributed by atoms with Crippen LogP contribution in [0.1, 0.15) is 11.7 Å². The Kier molecular flexibility index (Phi) is 2.30. The van der Waals surface area contributed by atoms with E-state index in [9.17, 15) is 4.79 Å². The van der Waals surface area contributed by atoms with E-state index in [1.807, 2.05) is 30.3 Å².